The molecule has 0 bridgehead atoms. The molecule has 1 heterocycles. The molecule has 0 aromatic heterocycles. The third-order valence-corrected chi connectivity index (χ3v) is 6.49. The number of hydrogen-bond donors (Lipinski definition) is 0. The summed E-state index contributed by atoms with van der Waals surface area (Å²) in [6, 6.07) is 25.2. The zero-order valence-electron chi connectivity index (χ0n) is 20.9. The van der Waals surface area contributed by atoms with E-state index in [9.17, 15) is 9.59 Å². The van der Waals surface area contributed by atoms with Gasteiger partial charge < -0.3 is 19.3 Å². The van der Waals surface area contributed by atoms with E-state index in [-0.39, 0.29) is 30.2 Å². The first-order chi connectivity index (χ1) is 17.4. The highest BCUT2D eigenvalue weighted by molar-refractivity contribution is 5.95. The molecular weight excluding hydrogens is 452 g/mol. The number of ether oxygens (including phenoxy) is 2. The molecular formula is C30H32N2O4. The maximum absolute atomic E-state index is 13.3. The van der Waals surface area contributed by atoms with Crippen molar-refractivity contribution in [3.63, 3.8) is 0 Å². The number of nitrogens with zero attached hydrogens (tertiary/aromatic N) is 2. The first kappa shape index (κ1) is 25.0. The summed E-state index contributed by atoms with van der Waals surface area (Å²) in [6.07, 6.45) is 1.54. The zero-order valence-corrected chi connectivity index (χ0v) is 20.9. The Balaban J connectivity index is 1.49. The van der Waals surface area contributed by atoms with E-state index >= 15 is 0 Å². The van der Waals surface area contributed by atoms with Crippen LogP contribution < -0.4 is 9.47 Å². The van der Waals surface area contributed by atoms with Gasteiger partial charge in [0.2, 0.25) is 5.91 Å². The lowest BCUT2D eigenvalue weighted by Gasteiger charge is -2.41. The van der Waals surface area contributed by atoms with Gasteiger partial charge in [0.1, 0.15) is 18.0 Å². The Bertz CT molecular complexity index is 1210. The molecule has 0 aliphatic carbocycles. The lowest BCUT2D eigenvalue weighted by Crippen LogP contribution is -2.57. The van der Waals surface area contributed by atoms with E-state index < -0.39 is 0 Å². The molecule has 1 unspecified atom stereocenters. The lowest BCUT2D eigenvalue weighted by molar-refractivity contribution is -0.148. The van der Waals surface area contributed by atoms with Crippen LogP contribution in [-0.4, -0.2) is 47.9 Å². The summed E-state index contributed by atoms with van der Waals surface area (Å²) in [7, 11) is 1.63. The van der Waals surface area contributed by atoms with Crippen LogP contribution in [0, 0.1) is 6.92 Å². The van der Waals surface area contributed by atoms with Crippen molar-refractivity contribution < 1.29 is 19.1 Å². The normalized spacial score (nSPS) is 15.5. The van der Waals surface area contributed by atoms with Crippen LogP contribution in [0.2, 0.25) is 0 Å². The lowest BCUT2D eigenvalue weighted by atomic mass is 10.0. The molecule has 1 atom stereocenters. The van der Waals surface area contributed by atoms with Gasteiger partial charge in [0.15, 0.2) is 5.76 Å². The van der Waals surface area contributed by atoms with Crippen molar-refractivity contribution in [1.82, 2.24) is 9.80 Å². The van der Waals surface area contributed by atoms with Crippen molar-refractivity contribution in [2.75, 3.05) is 20.2 Å². The fourth-order valence-electron chi connectivity index (χ4n) is 4.42. The largest absolute Gasteiger partial charge is 0.497 e. The van der Waals surface area contributed by atoms with Gasteiger partial charge in [-0.05, 0) is 54.7 Å². The number of para-hydroxylation sites is 1. The Morgan fingerprint density at radius 2 is 1.67 bits per heavy atom. The standard InChI is InChI=1S/C30H32N2O4/c1-22-9-7-8-12-28(22)36-23(2)30(34)31-20-26(16-13-24-10-5-4-6-11-24)32(29(33)21-31)19-25-14-17-27(35-3)18-15-25/h4-12,14-15,17-18,26H,2,13,16,19-21H2,1,3H3. The average Bonchev–Trinajstić information content (AvgIpc) is 2.90. The van der Waals surface area contributed by atoms with Gasteiger partial charge in [-0.25, -0.2) is 0 Å². The SMILES string of the molecule is C=C(Oc1ccccc1C)C(=O)N1CC(=O)N(Cc2ccc(OC)cc2)C(CCc2ccccc2)C1. The van der Waals surface area contributed by atoms with E-state index in [0.29, 0.717) is 18.8 Å². The molecule has 3 aromatic rings. The monoisotopic (exact) mass is 484 g/mol. The van der Waals surface area contributed by atoms with Crippen molar-refractivity contribution >= 4 is 11.8 Å². The predicted octanol–water partition coefficient (Wildman–Crippen LogP) is 4.77. The van der Waals surface area contributed by atoms with Crippen LogP contribution in [0.3, 0.4) is 0 Å². The van der Waals surface area contributed by atoms with Gasteiger partial charge in [-0.2, -0.15) is 0 Å². The van der Waals surface area contributed by atoms with Crippen molar-refractivity contribution in [3.8, 4) is 11.5 Å². The fourth-order valence-corrected chi connectivity index (χ4v) is 4.42. The molecule has 0 spiro atoms. The summed E-state index contributed by atoms with van der Waals surface area (Å²) in [5.41, 5.74) is 3.12. The smallest absolute Gasteiger partial charge is 0.289 e. The van der Waals surface area contributed by atoms with E-state index in [2.05, 4.69) is 18.7 Å². The topological polar surface area (TPSA) is 59.1 Å². The maximum atomic E-state index is 13.3. The molecule has 1 aliphatic heterocycles. The minimum absolute atomic E-state index is 0.00697. The second-order valence-corrected chi connectivity index (χ2v) is 9.02. The number of benzene rings is 3. The number of aryl methyl sites for hydroxylation is 2. The molecule has 6 nitrogen and oxygen atoms in total. The number of rotatable bonds is 9. The molecule has 0 saturated carbocycles. The number of hydrogen-bond acceptors (Lipinski definition) is 4. The highest BCUT2D eigenvalue weighted by atomic mass is 16.5. The van der Waals surface area contributed by atoms with Crippen LogP contribution in [0.5, 0.6) is 11.5 Å². The van der Waals surface area contributed by atoms with Gasteiger partial charge >= 0.3 is 0 Å². The van der Waals surface area contributed by atoms with Crippen molar-refractivity contribution in [2.45, 2.75) is 32.4 Å². The summed E-state index contributed by atoms with van der Waals surface area (Å²) in [6.45, 7) is 6.66. The second-order valence-electron chi connectivity index (χ2n) is 9.02. The van der Waals surface area contributed by atoms with Crippen LogP contribution in [0.1, 0.15) is 23.1 Å². The summed E-state index contributed by atoms with van der Waals surface area (Å²) in [5.74, 6) is 0.921. The van der Waals surface area contributed by atoms with Gasteiger partial charge in [0.05, 0.1) is 13.2 Å². The summed E-state index contributed by atoms with van der Waals surface area (Å²) in [5, 5.41) is 0. The van der Waals surface area contributed by atoms with E-state index in [1.165, 1.54) is 5.56 Å². The minimum Gasteiger partial charge on any atom is -0.497 e. The van der Waals surface area contributed by atoms with E-state index in [1.807, 2.05) is 72.5 Å². The predicted molar refractivity (Wildman–Crippen MR) is 140 cm³/mol. The molecule has 2 amide bonds. The molecule has 6 heteroatoms. The van der Waals surface area contributed by atoms with Gasteiger partial charge in [0, 0.05) is 13.1 Å². The summed E-state index contributed by atoms with van der Waals surface area (Å²) < 4.78 is 11.0. The molecule has 36 heavy (non-hydrogen) atoms. The van der Waals surface area contributed by atoms with Crippen molar-refractivity contribution in [2.24, 2.45) is 0 Å². The summed E-state index contributed by atoms with van der Waals surface area (Å²) >= 11 is 0. The van der Waals surface area contributed by atoms with Crippen LogP contribution >= 0.6 is 0 Å². The molecule has 1 saturated heterocycles. The minimum atomic E-state index is -0.361. The summed E-state index contributed by atoms with van der Waals surface area (Å²) in [4.78, 5) is 30.0. The quantitative estimate of drug-likeness (QED) is 0.324. The van der Waals surface area contributed by atoms with Gasteiger partial charge in [-0.1, -0.05) is 67.2 Å². The maximum Gasteiger partial charge on any atom is 0.289 e. The van der Waals surface area contributed by atoms with Crippen molar-refractivity contribution in [3.05, 3.63) is 108 Å². The van der Waals surface area contributed by atoms with Crippen LogP contribution in [0.4, 0.5) is 0 Å². The van der Waals surface area contributed by atoms with Crippen LogP contribution in [0.15, 0.2) is 91.2 Å². The second kappa shape index (κ2) is 11.6. The molecule has 186 valence electrons. The average molecular weight is 485 g/mol. The van der Waals surface area contributed by atoms with E-state index in [0.717, 1.165) is 29.7 Å². The third kappa shape index (κ3) is 6.13. The highest BCUT2D eigenvalue weighted by Gasteiger charge is 2.35. The fraction of sp³-hybridized carbons (Fsp3) is 0.267. The molecule has 3 aromatic carbocycles. The Morgan fingerprint density at radius 3 is 2.36 bits per heavy atom. The van der Waals surface area contributed by atoms with E-state index in [4.69, 9.17) is 9.47 Å². The number of carbonyl (C=O) groups is 2. The highest BCUT2D eigenvalue weighted by Crippen LogP contribution is 2.24. The molecule has 4 rings (SSSR count). The number of piperazine rings is 1. The molecule has 0 radical (unpaired) electrons. The first-order valence-corrected chi connectivity index (χ1v) is 12.1. The molecule has 0 N–H and O–H groups in total. The Hall–Kier alpha value is -4.06. The van der Waals surface area contributed by atoms with E-state index in [1.54, 1.807) is 18.1 Å². The number of amides is 2. The van der Waals surface area contributed by atoms with Crippen LogP contribution in [-0.2, 0) is 22.6 Å². The zero-order chi connectivity index (χ0) is 25.5. The molecule has 1 fully saturated rings. The third-order valence-electron chi connectivity index (χ3n) is 6.49. The number of carbonyl (C=O) groups excluding carboxylic acids is 2. The van der Waals surface area contributed by atoms with Gasteiger partial charge in [-0.15, -0.1) is 0 Å². The first-order valence-electron chi connectivity index (χ1n) is 12.1. The van der Waals surface area contributed by atoms with Gasteiger partial charge in [-0.3, -0.25) is 9.59 Å². The Morgan fingerprint density at radius 1 is 0.972 bits per heavy atom. The Labute approximate surface area is 212 Å². The van der Waals surface area contributed by atoms with Crippen LogP contribution in [0.25, 0.3) is 0 Å². The number of methoxy groups -OCH3 is 1. The van der Waals surface area contributed by atoms with Crippen molar-refractivity contribution in [1.29, 1.82) is 0 Å². The van der Waals surface area contributed by atoms with Gasteiger partial charge in [0.25, 0.3) is 5.91 Å². The Kier molecular flexibility index (Phi) is 8.06. The molecule has 1 aliphatic rings.